The van der Waals surface area contributed by atoms with Crippen molar-refractivity contribution in [2.45, 2.75) is 19.9 Å². The number of hydrogen-bond donors (Lipinski definition) is 0. The molecule has 0 aliphatic rings. The van der Waals surface area contributed by atoms with E-state index in [4.69, 9.17) is 9.47 Å². The van der Waals surface area contributed by atoms with Crippen molar-refractivity contribution >= 4 is 23.2 Å². The fourth-order valence-corrected chi connectivity index (χ4v) is 3.16. The molecule has 0 bridgehead atoms. The highest BCUT2D eigenvalue weighted by molar-refractivity contribution is 7.09. The molecule has 0 saturated carbocycles. The lowest BCUT2D eigenvalue weighted by Crippen LogP contribution is -2.31. The van der Waals surface area contributed by atoms with Crippen LogP contribution in [0.4, 0.5) is 0 Å². The van der Waals surface area contributed by atoms with Gasteiger partial charge >= 0.3 is 5.97 Å². The van der Waals surface area contributed by atoms with Crippen LogP contribution in [0.25, 0.3) is 0 Å². The van der Waals surface area contributed by atoms with Gasteiger partial charge in [-0.2, -0.15) is 0 Å². The molecule has 1 amide bonds. The van der Waals surface area contributed by atoms with E-state index in [1.54, 1.807) is 28.5 Å². The number of carbonyl (C=O) groups excluding carboxylic acids is 2. The third-order valence-corrected chi connectivity index (χ3v) is 4.49. The lowest BCUT2D eigenvalue weighted by Gasteiger charge is -2.21. The summed E-state index contributed by atoms with van der Waals surface area (Å²) in [7, 11) is 4.39. The highest BCUT2D eigenvalue weighted by Crippen LogP contribution is 2.24. The first-order valence-corrected chi connectivity index (χ1v) is 8.95. The molecule has 0 atom stereocenters. The summed E-state index contributed by atoms with van der Waals surface area (Å²) in [6, 6.07) is 5.06. The van der Waals surface area contributed by atoms with Crippen molar-refractivity contribution in [2.24, 2.45) is 0 Å². The summed E-state index contributed by atoms with van der Waals surface area (Å²) < 4.78 is 15.1. The van der Waals surface area contributed by atoms with Crippen LogP contribution in [0.15, 0.2) is 23.6 Å². The highest BCUT2D eigenvalue weighted by Gasteiger charge is 2.20. The van der Waals surface area contributed by atoms with Crippen LogP contribution in [0.1, 0.15) is 39.2 Å². The van der Waals surface area contributed by atoms with Crippen molar-refractivity contribution in [3.05, 3.63) is 39.8 Å². The molecule has 8 heteroatoms. The Morgan fingerprint density at radius 3 is 2.31 bits per heavy atom. The predicted molar refractivity (Wildman–Crippen MR) is 98.0 cm³/mol. The molecule has 0 aliphatic carbocycles. The Kier molecular flexibility index (Phi) is 6.97. The number of aromatic nitrogens is 1. The van der Waals surface area contributed by atoms with Gasteiger partial charge in [-0.1, -0.05) is 6.92 Å². The van der Waals surface area contributed by atoms with Crippen molar-refractivity contribution in [3.8, 4) is 11.5 Å². The fourth-order valence-electron chi connectivity index (χ4n) is 2.38. The van der Waals surface area contributed by atoms with Gasteiger partial charge in [-0.3, -0.25) is 4.79 Å². The van der Waals surface area contributed by atoms with Crippen LogP contribution in [0.5, 0.6) is 11.5 Å². The average Bonchev–Trinajstić information content (AvgIpc) is 3.14. The molecule has 1 aromatic carbocycles. The van der Waals surface area contributed by atoms with Gasteiger partial charge in [-0.05, 0) is 18.6 Å². The number of nitrogens with zero attached hydrogens (tertiary/aromatic N) is 2. The minimum absolute atomic E-state index is 0.154. The SMILES string of the molecule is CCCN(Cc1nc(C(=O)OC)cs1)C(=O)c1cc(OC)cc(OC)c1. The summed E-state index contributed by atoms with van der Waals surface area (Å²) in [6.07, 6.45) is 0.794. The Bertz CT molecular complexity index is 752. The Labute approximate surface area is 156 Å². The normalized spacial score (nSPS) is 10.3. The number of rotatable bonds is 8. The molecule has 0 aliphatic heterocycles. The van der Waals surface area contributed by atoms with Gasteiger partial charge in [0.1, 0.15) is 16.5 Å². The minimum Gasteiger partial charge on any atom is -0.497 e. The maximum Gasteiger partial charge on any atom is 0.357 e. The largest absolute Gasteiger partial charge is 0.497 e. The number of carbonyl (C=O) groups is 2. The Balaban J connectivity index is 2.24. The summed E-state index contributed by atoms with van der Waals surface area (Å²) >= 11 is 1.32. The van der Waals surface area contributed by atoms with Crippen molar-refractivity contribution in [1.82, 2.24) is 9.88 Å². The Morgan fingerprint density at radius 2 is 1.77 bits per heavy atom. The fraction of sp³-hybridized carbons (Fsp3) is 0.389. The first-order chi connectivity index (χ1) is 12.5. The van der Waals surface area contributed by atoms with Crippen LogP contribution in [0.3, 0.4) is 0 Å². The summed E-state index contributed by atoms with van der Waals surface area (Å²) in [5, 5.41) is 2.30. The van der Waals surface area contributed by atoms with E-state index in [2.05, 4.69) is 9.72 Å². The van der Waals surface area contributed by atoms with Gasteiger partial charge in [0.25, 0.3) is 5.91 Å². The molecule has 2 rings (SSSR count). The molecule has 0 saturated heterocycles. The molecular formula is C18H22N2O5S. The first-order valence-electron chi connectivity index (χ1n) is 8.07. The van der Waals surface area contributed by atoms with E-state index < -0.39 is 5.97 Å². The molecule has 2 aromatic rings. The molecule has 26 heavy (non-hydrogen) atoms. The van der Waals surface area contributed by atoms with Gasteiger partial charge in [0.05, 0.1) is 27.9 Å². The van der Waals surface area contributed by atoms with Crippen LogP contribution < -0.4 is 9.47 Å². The maximum absolute atomic E-state index is 13.0. The number of ether oxygens (including phenoxy) is 3. The van der Waals surface area contributed by atoms with Gasteiger partial charge in [0, 0.05) is 23.6 Å². The number of amides is 1. The van der Waals surface area contributed by atoms with Gasteiger partial charge < -0.3 is 19.1 Å². The van der Waals surface area contributed by atoms with Crippen molar-refractivity contribution in [3.63, 3.8) is 0 Å². The van der Waals surface area contributed by atoms with Crippen LogP contribution >= 0.6 is 11.3 Å². The van der Waals surface area contributed by atoms with E-state index in [-0.39, 0.29) is 11.6 Å². The van der Waals surface area contributed by atoms with Crippen molar-refractivity contribution in [2.75, 3.05) is 27.9 Å². The molecule has 0 N–H and O–H groups in total. The lowest BCUT2D eigenvalue weighted by molar-refractivity contribution is 0.0594. The van der Waals surface area contributed by atoms with Crippen molar-refractivity contribution < 1.29 is 23.8 Å². The molecule has 0 spiro atoms. The molecule has 0 radical (unpaired) electrons. The second-order valence-electron chi connectivity index (χ2n) is 5.45. The molecule has 140 valence electrons. The van der Waals surface area contributed by atoms with E-state index in [1.165, 1.54) is 32.7 Å². The summed E-state index contributed by atoms with van der Waals surface area (Å²) in [5.74, 6) is 0.454. The van der Waals surface area contributed by atoms with E-state index in [9.17, 15) is 9.59 Å². The number of benzene rings is 1. The van der Waals surface area contributed by atoms with Gasteiger partial charge in [0.15, 0.2) is 5.69 Å². The third-order valence-electron chi connectivity index (χ3n) is 3.65. The molecule has 0 unspecified atom stereocenters. The zero-order valence-electron chi connectivity index (χ0n) is 15.3. The molecule has 1 heterocycles. The molecule has 7 nitrogen and oxygen atoms in total. The summed E-state index contributed by atoms with van der Waals surface area (Å²) in [6.45, 7) is 2.87. The van der Waals surface area contributed by atoms with Gasteiger partial charge in [-0.25, -0.2) is 9.78 Å². The van der Waals surface area contributed by atoms with E-state index in [0.717, 1.165) is 6.42 Å². The second kappa shape index (κ2) is 9.19. The highest BCUT2D eigenvalue weighted by atomic mass is 32.1. The van der Waals surface area contributed by atoms with Crippen molar-refractivity contribution in [1.29, 1.82) is 0 Å². The zero-order chi connectivity index (χ0) is 19.1. The van der Waals surface area contributed by atoms with Crippen LogP contribution in [0, 0.1) is 0 Å². The molecule has 0 fully saturated rings. The second-order valence-corrected chi connectivity index (χ2v) is 6.39. The smallest absolute Gasteiger partial charge is 0.357 e. The topological polar surface area (TPSA) is 78.0 Å². The van der Waals surface area contributed by atoms with Gasteiger partial charge in [-0.15, -0.1) is 11.3 Å². The van der Waals surface area contributed by atoms with E-state index in [1.807, 2.05) is 6.92 Å². The lowest BCUT2D eigenvalue weighted by atomic mass is 10.1. The Morgan fingerprint density at radius 1 is 1.12 bits per heavy atom. The summed E-state index contributed by atoms with van der Waals surface area (Å²) in [5.41, 5.74) is 0.721. The average molecular weight is 378 g/mol. The standard InChI is InChI=1S/C18H22N2O5S/c1-5-6-20(10-16-19-15(11-26-16)18(22)25-4)17(21)12-7-13(23-2)9-14(8-12)24-3/h7-9,11H,5-6,10H2,1-4H3. The number of thiazole rings is 1. The van der Waals surface area contributed by atoms with Crippen LogP contribution in [-0.2, 0) is 11.3 Å². The van der Waals surface area contributed by atoms with E-state index in [0.29, 0.717) is 35.2 Å². The predicted octanol–water partition coefficient (Wildman–Crippen LogP) is 3.00. The van der Waals surface area contributed by atoms with Gasteiger partial charge in [0.2, 0.25) is 0 Å². The van der Waals surface area contributed by atoms with E-state index >= 15 is 0 Å². The minimum atomic E-state index is -0.488. The number of esters is 1. The molecular weight excluding hydrogens is 356 g/mol. The first kappa shape index (κ1) is 19.7. The quantitative estimate of drug-likeness (QED) is 0.657. The number of hydrogen-bond acceptors (Lipinski definition) is 7. The van der Waals surface area contributed by atoms with Crippen LogP contribution in [-0.4, -0.2) is 49.6 Å². The third kappa shape index (κ3) is 4.72. The maximum atomic E-state index is 13.0. The monoisotopic (exact) mass is 378 g/mol. The number of methoxy groups -OCH3 is 3. The Hall–Kier alpha value is -2.61. The van der Waals surface area contributed by atoms with Crippen LogP contribution in [0.2, 0.25) is 0 Å². The summed E-state index contributed by atoms with van der Waals surface area (Å²) in [4.78, 5) is 30.5. The zero-order valence-corrected chi connectivity index (χ0v) is 16.1. The molecule has 1 aromatic heterocycles.